The summed E-state index contributed by atoms with van der Waals surface area (Å²) in [7, 11) is 1.39. The highest BCUT2D eigenvalue weighted by molar-refractivity contribution is 5.88. The highest BCUT2D eigenvalue weighted by Crippen LogP contribution is 2.61. The first-order valence-electron chi connectivity index (χ1n) is 12.4. The third-order valence-corrected chi connectivity index (χ3v) is 8.63. The Hall–Kier alpha value is -2.62. The number of methoxy groups -OCH3 is 1. The zero-order chi connectivity index (χ0) is 23.0. The topological polar surface area (TPSA) is 52.6 Å². The van der Waals surface area contributed by atoms with Crippen molar-refractivity contribution in [3.63, 3.8) is 0 Å². The van der Waals surface area contributed by atoms with E-state index in [0.29, 0.717) is 36.6 Å². The SMILES string of the molecule is COC(=O)/C=C/[C@@H]1CC(=O)[C@@]2(C)CCC3c4ccc(OCC5=CCCC=C5)cc4CCC3C12. The second-order valence-electron chi connectivity index (χ2n) is 10.4. The van der Waals surface area contributed by atoms with E-state index in [1.165, 1.54) is 29.9 Å². The van der Waals surface area contributed by atoms with Crippen LogP contribution < -0.4 is 4.74 Å². The average Bonchev–Trinajstić information content (AvgIpc) is 3.11. The zero-order valence-corrected chi connectivity index (χ0v) is 19.7. The fourth-order valence-corrected chi connectivity index (χ4v) is 6.99. The van der Waals surface area contributed by atoms with E-state index in [4.69, 9.17) is 9.47 Å². The molecule has 174 valence electrons. The quantitative estimate of drug-likeness (QED) is 0.429. The van der Waals surface area contributed by atoms with Gasteiger partial charge in [-0.3, -0.25) is 4.79 Å². The van der Waals surface area contributed by atoms with E-state index >= 15 is 0 Å². The Morgan fingerprint density at radius 3 is 2.91 bits per heavy atom. The molecular formula is C29H34O4. The fourth-order valence-electron chi connectivity index (χ4n) is 6.99. The van der Waals surface area contributed by atoms with E-state index in [1.807, 2.05) is 6.08 Å². The first-order chi connectivity index (χ1) is 16.0. The van der Waals surface area contributed by atoms with Crippen LogP contribution in [0.1, 0.15) is 62.5 Å². The second-order valence-corrected chi connectivity index (χ2v) is 10.4. The molecule has 4 aliphatic rings. The van der Waals surface area contributed by atoms with Gasteiger partial charge in [0.25, 0.3) is 0 Å². The molecule has 0 saturated heterocycles. The molecule has 1 aromatic rings. The number of carbonyl (C=O) groups excluding carboxylic acids is 2. The summed E-state index contributed by atoms with van der Waals surface area (Å²) in [4.78, 5) is 24.8. The monoisotopic (exact) mass is 446 g/mol. The molecule has 0 spiro atoms. The van der Waals surface area contributed by atoms with E-state index in [-0.39, 0.29) is 17.3 Å². The molecule has 2 fully saturated rings. The largest absolute Gasteiger partial charge is 0.489 e. The second kappa shape index (κ2) is 8.96. The van der Waals surface area contributed by atoms with Crippen molar-refractivity contribution in [3.8, 4) is 5.75 Å². The summed E-state index contributed by atoms with van der Waals surface area (Å²) in [5, 5.41) is 0. The number of benzene rings is 1. The van der Waals surface area contributed by atoms with Crippen LogP contribution in [0.4, 0.5) is 0 Å². The number of ketones is 1. The summed E-state index contributed by atoms with van der Waals surface area (Å²) < 4.78 is 10.9. The number of allylic oxidation sites excluding steroid dienone is 3. The van der Waals surface area contributed by atoms with Crippen molar-refractivity contribution in [2.24, 2.45) is 23.2 Å². The molecule has 4 heteroatoms. The van der Waals surface area contributed by atoms with E-state index in [2.05, 4.69) is 43.4 Å². The summed E-state index contributed by atoms with van der Waals surface area (Å²) in [5.74, 6) is 2.33. The number of fused-ring (bicyclic) bond motifs is 5. The van der Waals surface area contributed by atoms with E-state index in [9.17, 15) is 9.59 Å². The maximum absolute atomic E-state index is 13.0. The third kappa shape index (κ3) is 4.09. The van der Waals surface area contributed by atoms with Gasteiger partial charge in [0, 0.05) is 17.9 Å². The van der Waals surface area contributed by atoms with Gasteiger partial charge >= 0.3 is 5.97 Å². The van der Waals surface area contributed by atoms with Crippen molar-refractivity contribution in [3.05, 3.63) is 65.3 Å². The van der Waals surface area contributed by atoms with Crippen LogP contribution in [0.15, 0.2) is 54.2 Å². The molecule has 0 N–H and O–H groups in total. The molecular weight excluding hydrogens is 412 g/mol. The highest BCUT2D eigenvalue weighted by Gasteiger charge is 2.58. The average molecular weight is 447 g/mol. The Kier molecular flexibility index (Phi) is 6.03. The summed E-state index contributed by atoms with van der Waals surface area (Å²) in [5.41, 5.74) is 3.82. The summed E-state index contributed by atoms with van der Waals surface area (Å²) in [6.07, 6.45) is 17.0. The Morgan fingerprint density at radius 2 is 2.12 bits per heavy atom. The Bertz CT molecular complexity index is 1030. The van der Waals surface area contributed by atoms with Gasteiger partial charge in [0.05, 0.1) is 7.11 Å². The number of aryl methyl sites for hydroxylation is 1. The Morgan fingerprint density at radius 1 is 1.24 bits per heavy atom. The van der Waals surface area contributed by atoms with Crippen LogP contribution in [0.3, 0.4) is 0 Å². The maximum atomic E-state index is 13.0. The molecule has 2 saturated carbocycles. The Labute approximate surface area is 196 Å². The van der Waals surface area contributed by atoms with E-state index in [0.717, 1.165) is 44.3 Å². The fraction of sp³-hybridized carbons (Fsp3) is 0.517. The van der Waals surface area contributed by atoms with Gasteiger partial charge in [-0.25, -0.2) is 4.79 Å². The minimum Gasteiger partial charge on any atom is -0.489 e. The molecule has 5 rings (SSSR count). The lowest BCUT2D eigenvalue weighted by Gasteiger charge is -2.49. The third-order valence-electron chi connectivity index (χ3n) is 8.63. The van der Waals surface area contributed by atoms with Crippen LogP contribution >= 0.6 is 0 Å². The van der Waals surface area contributed by atoms with Crippen molar-refractivity contribution < 1.29 is 19.1 Å². The van der Waals surface area contributed by atoms with Crippen molar-refractivity contribution in [1.29, 1.82) is 0 Å². The van der Waals surface area contributed by atoms with Gasteiger partial charge in [0.15, 0.2) is 0 Å². The van der Waals surface area contributed by atoms with Crippen LogP contribution in [0.2, 0.25) is 0 Å². The predicted molar refractivity (Wildman–Crippen MR) is 128 cm³/mol. The molecule has 33 heavy (non-hydrogen) atoms. The van der Waals surface area contributed by atoms with E-state index in [1.54, 1.807) is 0 Å². The number of esters is 1. The zero-order valence-electron chi connectivity index (χ0n) is 19.7. The first-order valence-corrected chi connectivity index (χ1v) is 12.4. The molecule has 0 aliphatic heterocycles. The summed E-state index contributed by atoms with van der Waals surface area (Å²) in [6, 6.07) is 6.63. The van der Waals surface area contributed by atoms with Crippen LogP contribution in [0, 0.1) is 23.2 Å². The number of carbonyl (C=O) groups is 2. The molecule has 4 aliphatic carbocycles. The van der Waals surface area contributed by atoms with Gasteiger partial charge < -0.3 is 9.47 Å². The molecule has 5 atom stereocenters. The minimum atomic E-state index is -0.343. The Balaban J connectivity index is 1.36. The molecule has 0 bridgehead atoms. The maximum Gasteiger partial charge on any atom is 0.330 e. The van der Waals surface area contributed by atoms with Crippen LogP contribution in [0.5, 0.6) is 5.75 Å². The van der Waals surface area contributed by atoms with Crippen LogP contribution in [-0.4, -0.2) is 25.5 Å². The first kappa shape index (κ1) is 22.2. The number of hydrogen-bond donors (Lipinski definition) is 0. The van der Waals surface area contributed by atoms with Gasteiger partial charge in [-0.2, -0.15) is 0 Å². The summed E-state index contributed by atoms with van der Waals surface area (Å²) >= 11 is 0. The number of Topliss-reactive ketones (excluding diaryl/α,β-unsaturated/α-hetero) is 1. The standard InChI is InChI=1S/C29H34O4/c1-29-15-14-24-23-12-10-22(33-18-19-6-4-3-5-7-19)16-20(23)8-11-25(24)28(29)21(17-26(29)30)9-13-27(31)32-2/h4,6-7,9-10,12-13,16,21,24-25,28H,3,5,8,11,14-15,17-18H2,1-2H3/b13-9+/t21-,24?,25?,28?,29-/m1/s1. The normalized spacial score (nSPS) is 32.7. The predicted octanol–water partition coefficient (Wildman–Crippen LogP) is 5.72. The smallest absolute Gasteiger partial charge is 0.330 e. The van der Waals surface area contributed by atoms with Gasteiger partial charge in [-0.15, -0.1) is 0 Å². The van der Waals surface area contributed by atoms with Crippen molar-refractivity contribution >= 4 is 11.8 Å². The van der Waals surface area contributed by atoms with Crippen molar-refractivity contribution in [2.45, 2.75) is 57.8 Å². The lowest BCUT2D eigenvalue weighted by Crippen LogP contribution is -2.44. The van der Waals surface area contributed by atoms with Crippen molar-refractivity contribution in [1.82, 2.24) is 0 Å². The van der Waals surface area contributed by atoms with Crippen molar-refractivity contribution in [2.75, 3.05) is 13.7 Å². The number of rotatable bonds is 5. The molecule has 3 unspecified atom stereocenters. The number of ether oxygens (including phenoxy) is 2. The summed E-state index contributed by atoms with van der Waals surface area (Å²) in [6.45, 7) is 2.79. The minimum absolute atomic E-state index is 0.121. The van der Waals surface area contributed by atoms with Crippen LogP contribution in [0.25, 0.3) is 0 Å². The highest BCUT2D eigenvalue weighted by atomic mass is 16.5. The van der Waals surface area contributed by atoms with Crippen LogP contribution in [-0.2, 0) is 20.7 Å². The molecule has 0 aromatic heterocycles. The van der Waals surface area contributed by atoms with E-state index < -0.39 is 0 Å². The van der Waals surface area contributed by atoms with Gasteiger partial charge in [0.2, 0.25) is 0 Å². The molecule has 0 radical (unpaired) electrons. The lowest BCUT2D eigenvalue weighted by atomic mass is 9.54. The van der Waals surface area contributed by atoms with Gasteiger partial charge in [0.1, 0.15) is 18.1 Å². The molecule has 4 nitrogen and oxygen atoms in total. The number of hydrogen-bond acceptors (Lipinski definition) is 4. The molecule has 1 aromatic carbocycles. The molecule has 0 heterocycles. The lowest BCUT2D eigenvalue weighted by molar-refractivity contribution is -0.134. The van der Waals surface area contributed by atoms with Gasteiger partial charge in [-0.05, 0) is 91.0 Å². The molecule has 0 amide bonds. The van der Waals surface area contributed by atoms with Gasteiger partial charge in [-0.1, -0.05) is 37.3 Å².